The lowest BCUT2D eigenvalue weighted by Crippen LogP contribution is -2.03. The first-order chi connectivity index (χ1) is 4.81. The van der Waals surface area contributed by atoms with Crippen molar-refractivity contribution in [1.29, 1.82) is 0 Å². The highest BCUT2D eigenvalue weighted by Crippen LogP contribution is 2.05. The number of hydrogen-bond donors (Lipinski definition) is 0. The minimum atomic E-state index is 0.303. The first-order valence-corrected chi connectivity index (χ1v) is 4.46. The fourth-order valence-corrected chi connectivity index (χ4v) is 0.751. The molecule has 0 radical (unpaired) electrons. The number of halogens is 1. The van der Waals surface area contributed by atoms with E-state index in [-0.39, 0.29) is 0 Å². The summed E-state index contributed by atoms with van der Waals surface area (Å²) in [5, 5.41) is 0.303. The molecule has 0 amide bonds. The van der Waals surface area contributed by atoms with E-state index in [1.807, 2.05) is 0 Å². The largest absolute Gasteiger partial charge is 0.381 e. The van der Waals surface area contributed by atoms with Crippen LogP contribution >= 0.6 is 11.6 Å². The van der Waals surface area contributed by atoms with Crippen molar-refractivity contribution in [3.63, 3.8) is 0 Å². The van der Waals surface area contributed by atoms with Crippen molar-refractivity contribution < 1.29 is 4.74 Å². The standard InChI is InChI=1S/C8H17ClO/c1-3-6-10-7-5-8(9)4-2/h8H,3-7H2,1-2H3. The molecule has 1 nitrogen and oxygen atoms in total. The van der Waals surface area contributed by atoms with E-state index in [0.717, 1.165) is 32.5 Å². The second-order valence-electron chi connectivity index (χ2n) is 2.41. The van der Waals surface area contributed by atoms with Crippen LogP contribution in [0, 0.1) is 0 Å². The molecule has 1 atom stereocenters. The Morgan fingerprint density at radius 3 is 2.50 bits per heavy atom. The maximum Gasteiger partial charge on any atom is 0.0480 e. The van der Waals surface area contributed by atoms with Gasteiger partial charge in [0.1, 0.15) is 0 Å². The highest BCUT2D eigenvalue weighted by Gasteiger charge is 1.99. The highest BCUT2D eigenvalue weighted by atomic mass is 35.5. The molecule has 2 heteroatoms. The Morgan fingerprint density at radius 2 is 2.00 bits per heavy atom. The van der Waals surface area contributed by atoms with Crippen LogP contribution in [0.25, 0.3) is 0 Å². The van der Waals surface area contributed by atoms with Gasteiger partial charge in [-0.25, -0.2) is 0 Å². The third-order valence-corrected chi connectivity index (χ3v) is 1.89. The van der Waals surface area contributed by atoms with Gasteiger partial charge in [0.2, 0.25) is 0 Å². The number of alkyl halides is 1. The molecule has 0 aromatic rings. The van der Waals surface area contributed by atoms with E-state index in [2.05, 4.69) is 13.8 Å². The van der Waals surface area contributed by atoms with Crippen molar-refractivity contribution in [2.24, 2.45) is 0 Å². The lowest BCUT2D eigenvalue weighted by atomic mass is 10.2. The van der Waals surface area contributed by atoms with Crippen LogP contribution in [0.5, 0.6) is 0 Å². The Hall–Kier alpha value is 0.250. The molecule has 0 aromatic carbocycles. The zero-order chi connectivity index (χ0) is 7.82. The Morgan fingerprint density at radius 1 is 1.30 bits per heavy atom. The van der Waals surface area contributed by atoms with Gasteiger partial charge in [-0.3, -0.25) is 0 Å². The molecule has 0 aromatic heterocycles. The monoisotopic (exact) mass is 164 g/mol. The molecule has 0 aliphatic heterocycles. The Kier molecular flexibility index (Phi) is 7.54. The lowest BCUT2D eigenvalue weighted by Gasteiger charge is -2.05. The van der Waals surface area contributed by atoms with Gasteiger partial charge >= 0.3 is 0 Å². The topological polar surface area (TPSA) is 9.23 Å². The second-order valence-corrected chi connectivity index (χ2v) is 3.02. The molecule has 0 saturated heterocycles. The van der Waals surface area contributed by atoms with Crippen molar-refractivity contribution >= 4 is 11.6 Å². The van der Waals surface area contributed by atoms with Gasteiger partial charge in [-0.2, -0.15) is 0 Å². The van der Waals surface area contributed by atoms with E-state index >= 15 is 0 Å². The average molecular weight is 165 g/mol. The van der Waals surface area contributed by atoms with E-state index < -0.39 is 0 Å². The molecule has 0 N–H and O–H groups in total. The van der Waals surface area contributed by atoms with Crippen molar-refractivity contribution in [2.45, 2.75) is 38.5 Å². The van der Waals surface area contributed by atoms with E-state index in [1.54, 1.807) is 0 Å². The Bertz CT molecular complexity index is 66.3. The normalized spacial score (nSPS) is 13.5. The van der Waals surface area contributed by atoms with Crippen molar-refractivity contribution in [1.82, 2.24) is 0 Å². The van der Waals surface area contributed by atoms with Crippen molar-refractivity contribution in [2.75, 3.05) is 13.2 Å². The predicted octanol–water partition coefficient (Wildman–Crippen LogP) is 2.82. The molecule has 0 bridgehead atoms. The molecule has 0 aliphatic carbocycles. The summed E-state index contributed by atoms with van der Waals surface area (Å²) in [6, 6.07) is 0. The Labute approximate surface area is 68.7 Å². The van der Waals surface area contributed by atoms with Crippen LogP contribution in [-0.4, -0.2) is 18.6 Å². The van der Waals surface area contributed by atoms with Crippen LogP contribution in [0.15, 0.2) is 0 Å². The SMILES string of the molecule is CCCOCCC(Cl)CC. The zero-order valence-electron chi connectivity index (χ0n) is 6.90. The van der Waals surface area contributed by atoms with Crippen molar-refractivity contribution in [3.05, 3.63) is 0 Å². The van der Waals surface area contributed by atoms with Gasteiger partial charge in [0.15, 0.2) is 0 Å². The third kappa shape index (κ3) is 6.37. The van der Waals surface area contributed by atoms with Gasteiger partial charge in [-0.1, -0.05) is 13.8 Å². The molecule has 10 heavy (non-hydrogen) atoms. The molecule has 62 valence electrons. The van der Waals surface area contributed by atoms with Gasteiger partial charge < -0.3 is 4.74 Å². The maximum atomic E-state index is 5.86. The van der Waals surface area contributed by atoms with Crippen molar-refractivity contribution in [3.8, 4) is 0 Å². The molecule has 0 fully saturated rings. The molecule has 0 rings (SSSR count). The molecular weight excluding hydrogens is 148 g/mol. The third-order valence-electron chi connectivity index (χ3n) is 1.37. The van der Waals surface area contributed by atoms with Crippen LogP contribution in [0.4, 0.5) is 0 Å². The Balaban J connectivity index is 2.89. The van der Waals surface area contributed by atoms with Crippen LogP contribution in [-0.2, 0) is 4.74 Å². The zero-order valence-corrected chi connectivity index (χ0v) is 7.66. The predicted molar refractivity (Wildman–Crippen MR) is 45.7 cm³/mol. The summed E-state index contributed by atoms with van der Waals surface area (Å²) >= 11 is 5.86. The van der Waals surface area contributed by atoms with Gasteiger partial charge in [-0.05, 0) is 19.3 Å². The summed E-state index contributed by atoms with van der Waals surface area (Å²) in [6.07, 6.45) is 3.12. The summed E-state index contributed by atoms with van der Waals surface area (Å²) in [5.74, 6) is 0. The highest BCUT2D eigenvalue weighted by molar-refractivity contribution is 6.20. The first kappa shape index (κ1) is 10.2. The van der Waals surface area contributed by atoms with Gasteiger partial charge in [0.25, 0.3) is 0 Å². The fraction of sp³-hybridized carbons (Fsp3) is 1.00. The van der Waals surface area contributed by atoms with Crippen LogP contribution < -0.4 is 0 Å². The fourth-order valence-electron chi connectivity index (χ4n) is 0.662. The van der Waals surface area contributed by atoms with E-state index in [9.17, 15) is 0 Å². The number of ether oxygens (including phenoxy) is 1. The molecular formula is C8H17ClO. The smallest absolute Gasteiger partial charge is 0.0480 e. The summed E-state index contributed by atoms with van der Waals surface area (Å²) in [5.41, 5.74) is 0. The summed E-state index contributed by atoms with van der Waals surface area (Å²) in [6.45, 7) is 5.89. The summed E-state index contributed by atoms with van der Waals surface area (Å²) < 4.78 is 5.27. The molecule has 0 heterocycles. The van der Waals surface area contributed by atoms with E-state index in [0.29, 0.717) is 5.38 Å². The first-order valence-electron chi connectivity index (χ1n) is 4.03. The minimum absolute atomic E-state index is 0.303. The van der Waals surface area contributed by atoms with E-state index in [1.165, 1.54) is 0 Å². The second kappa shape index (κ2) is 7.36. The van der Waals surface area contributed by atoms with Crippen LogP contribution in [0.2, 0.25) is 0 Å². The summed E-state index contributed by atoms with van der Waals surface area (Å²) in [7, 11) is 0. The quantitative estimate of drug-likeness (QED) is 0.434. The van der Waals surface area contributed by atoms with E-state index in [4.69, 9.17) is 16.3 Å². The molecule has 1 unspecified atom stereocenters. The molecule has 0 aliphatic rings. The minimum Gasteiger partial charge on any atom is -0.381 e. The van der Waals surface area contributed by atoms with Gasteiger partial charge in [-0.15, -0.1) is 11.6 Å². The number of rotatable bonds is 6. The number of hydrogen-bond acceptors (Lipinski definition) is 1. The van der Waals surface area contributed by atoms with Gasteiger partial charge in [0, 0.05) is 18.6 Å². The maximum absolute atomic E-state index is 5.86. The molecule has 0 saturated carbocycles. The molecule has 0 spiro atoms. The average Bonchev–Trinajstić information content (AvgIpc) is 1.98. The van der Waals surface area contributed by atoms with Crippen LogP contribution in [0.1, 0.15) is 33.1 Å². The van der Waals surface area contributed by atoms with Crippen LogP contribution in [0.3, 0.4) is 0 Å². The van der Waals surface area contributed by atoms with Gasteiger partial charge in [0.05, 0.1) is 0 Å². The summed E-state index contributed by atoms with van der Waals surface area (Å²) in [4.78, 5) is 0. The lowest BCUT2D eigenvalue weighted by molar-refractivity contribution is 0.131.